The van der Waals surface area contributed by atoms with E-state index in [1.807, 2.05) is 39.0 Å². The summed E-state index contributed by atoms with van der Waals surface area (Å²) in [7, 11) is 0. The molecule has 1 aromatic rings. The molecule has 0 aliphatic heterocycles. The first kappa shape index (κ1) is 12.3. The second-order valence-corrected chi connectivity index (χ2v) is 6.11. The van der Waals surface area contributed by atoms with Gasteiger partial charge in [-0.1, -0.05) is 51.1 Å². The van der Waals surface area contributed by atoms with Crippen molar-refractivity contribution in [1.82, 2.24) is 0 Å². The molecule has 1 saturated carbocycles. The summed E-state index contributed by atoms with van der Waals surface area (Å²) in [6.45, 7) is 6.07. The molecule has 17 heavy (non-hydrogen) atoms. The Morgan fingerprint density at radius 1 is 1.29 bits per heavy atom. The van der Waals surface area contributed by atoms with Crippen molar-refractivity contribution in [2.24, 2.45) is 17.1 Å². The first-order chi connectivity index (χ1) is 7.91. The topological polar surface area (TPSA) is 43.1 Å². The van der Waals surface area contributed by atoms with Crippen LogP contribution in [-0.2, 0) is 4.79 Å². The maximum atomic E-state index is 12.2. The van der Waals surface area contributed by atoms with Crippen molar-refractivity contribution >= 4 is 5.78 Å². The van der Waals surface area contributed by atoms with Crippen molar-refractivity contribution in [2.75, 3.05) is 0 Å². The molecule has 0 aromatic heterocycles. The van der Waals surface area contributed by atoms with Crippen LogP contribution in [0.3, 0.4) is 0 Å². The normalized spacial score (nSPS) is 25.4. The van der Waals surface area contributed by atoms with E-state index in [4.69, 9.17) is 5.73 Å². The zero-order chi connectivity index (χ0) is 12.6. The van der Waals surface area contributed by atoms with E-state index < -0.39 is 0 Å². The Hall–Kier alpha value is -1.15. The molecule has 0 heterocycles. The third kappa shape index (κ3) is 2.58. The summed E-state index contributed by atoms with van der Waals surface area (Å²) in [4.78, 5) is 12.2. The second-order valence-electron chi connectivity index (χ2n) is 6.11. The Balaban J connectivity index is 2.02. The quantitative estimate of drug-likeness (QED) is 0.869. The first-order valence-electron chi connectivity index (χ1n) is 6.25. The maximum absolute atomic E-state index is 12.2. The molecule has 2 heteroatoms. The number of hydrogen-bond acceptors (Lipinski definition) is 2. The highest BCUT2D eigenvalue weighted by Crippen LogP contribution is 2.49. The monoisotopic (exact) mass is 231 g/mol. The highest BCUT2D eigenvalue weighted by atomic mass is 16.1. The molecule has 0 amide bonds. The summed E-state index contributed by atoms with van der Waals surface area (Å²) in [5.41, 5.74) is 7.16. The van der Waals surface area contributed by atoms with Gasteiger partial charge in [0, 0.05) is 5.92 Å². The molecule has 3 unspecified atom stereocenters. The third-order valence-corrected chi connectivity index (χ3v) is 3.62. The molecule has 1 aromatic carbocycles. The van der Waals surface area contributed by atoms with Crippen molar-refractivity contribution in [1.29, 1.82) is 0 Å². The average molecular weight is 231 g/mol. The summed E-state index contributed by atoms with van der Waals surface area (Å²) in [6, 6.07) is 9.91. The molecule has 1 aliphatic rings. The van der Waals surface area contributed by atoms with E-state index in [2.05, 4.69) is 12.1 Å². The van der Waals surface area contributed by atoms with Crippen LogP contribution in [0.1, 0.15) is 38.7 Å². The van der Waals surface area contributed by atoms with Gasteiger partial charge < -0.3 is 5.73 Å². The predicted molar refractivity (Wildman–Crippen MR) is 69.7 cm³/mol. The Morgan fingerprint density at radius 3 is 2.41 bits per heavy atom. The lowest BCUT2D eigenvalue weighted by molar-refractivity contribution is -0.123. The van der Waals surface area contributed by atoms with Crippen LogP contribution in [0.25, 0.3) is 0 Å². The lowest BCUT2D eigenvalue weighted by atomic mass is 9.83. The van der Waals surface area contributed by atoms with Crippen molar-refractivity contribution in [2.45, 2.75) is 39.2 Å². The van der Waals surface area contributed by atoms with Gasteiger partial charge in [0.1, 0.15) is 0 Å². The minimum Gasteiger partial charge on any atom is -0.321 e. The summed E-state index contributed by atoms with van der Waals surface area (Å²) >= 11 is 0. The summed E-state index contributed by atoms with van der Waals surface area (Å²) in [5.74, 6) is 0.773. The van der Waals surface area contributed by atoms with Crippen LogP contribution in [0, 0.1) is 11.3 Å². The van der Waals surface area contributed by atoms with Gasteiger partial charge in [0.2, 0.25) is 0 Å². The number of Topliss-reactive ketones (excluding diaryl/α,β-unsaturated/α-hetero) is 1. The minimum absolute atomic E-state index is 0.138. The largest absolute Gasteiger partial charge is 0.321 e. The summed E-state index contributed by atoms with van der Waals surface area (Å²) in [5, 5.41) is 0. The van der Waals surface area contributed by atoms with E-state index in [-0.39, 0.29) is 23.2 Å². The van der Waals surface area contributed by atoms with Gasteiger partial charge in [-0.25, -0.2) is 0 Å². The minimum atomic E-state index is -0.346. The van der Waals surface area contributed by atoms with Crippen LogP contribution in [0.5, 0.6) is 0 Å². The van der Waals surface area contributed by atoms with Crippen molar-refractivity contribution in [3.05, 3.63) is 35.9 Å². The van der Waals surface area contributed by atoms with Gasteiger partial charge in [0.15, 0.2) is 5.78 Å². The molecule has 0 spiro atoms. The maximum Gasteiger partial charge on any atom is 0.153 e. The first-order valence-corrected chi connectivity index (χ1v) is 6.25. The number of hydrogen-bond donors (Lipinski definition) is 1. The Labute approximate surface area is 103 Å². The SMILES string of the molecule is CC(C)(C)C(N)C(=O)C1CC1c1ccccc1. The van der Waals surface area contributed by atoms with E-state index >= 15 is 0 Å². The zero-order valence-corrected chi connectivity index (χ0v) is 10.8. The van der Waals surface area contributed by atoms with Gasteiger partial charge in [0.25, 0.3) is 0 Å². The Bertz CT molecular complexity index is 405. The van der Waals surface area contributed by atoms with Gasteiger partial charge in [-0.05, 0) is 23.3 Å². The molecule has 92 valence electrons. The van der Waals surface area contributed by atoms with Crippen LogP contribution in [0.4, 0.5) is 0 Å². The van der Waals surface area contributed by atoms with E-state index in [9.17, 15) is 4.79 Å². The van der Waals surface area contributed by atoms with Crippen molar-refractivity contribution in [3.8, 4) is 0 Å². The van der Waals surface area contributed by atoms with Gasteiger partial charge >= 0.3 is 0 Å². The van der Waals surface area contributed by atoms with Crippen LogP contribution >= 0.6 is 0 Å². The lowest BCUT2D eigenvalue weighted by Crippen LogP contribution is -2.43. The molecule has 1 aliphatic carbocycles. The number of nitrogens with two attached hydrogens (primary N) is 1. The van der Waals surface area contributed by atoms with E-state index in [1.54, 1.807) is 0 Å². The van der Waals surface area contributed by atoms with Crippen LogP contribution in [0.15, 0.2) is 30.3 Å². The second kappa shape index (κ2) is 4.26. The highest BCUT2D eigenvalue weighted by Gasteiger charge is 2.47. The zero-order valence-electron chi connectivity index (χ0n) is 10.8. The number of carbonyl (C=O) groups is 1. The highest BCUT2D eigenvalue weighted by molar-refractivity contribution is 5.90. The van der Waals surface area contributed by atoms with Crippen molar-refractivity contribution < 1.29 is 4.79 Å². The molecule has 2 rings (SSSR count). The van der Waals surface area contributed by atoms with E-state index in [0.29, 0.717) is 5.92 Å². The van der Waals surface area contributed by atoms with Gasteiger partial charge in [-0.3, -0.25) is 4.79 Å². The molecule has 0 radical (unpaired) electrons. The number of ketones is 1. The molecule has 3 atom stereocenters. The van der Waals surface area contributed by atoms with Crippen LogP contribution < -0.4 is 5.73 Å². The average Bonchev–Trinajstić information content (AvgIpc) is 3.07. The van der Waals surface area contributed by atoms with Gasteiger partial charge in [-0.2, -0.15) is 0 Å². The Kier molecular flexibility index (Phi) is 3.09. The molecule has 2 nitrogen and oxygen atoms in total. The van der Waals surface area contributed by atoms with E-state index in [1.165, 1.54) is 5.56 Å². The van der Waals surface area contributed by atoms with Gasteiger partial charge in [0.05, 0.1) is 6.04 Å². The summed E-state index contributed by atoms with van der Waals surface area (Å²) in [6.07, 6.45) is 0.965. The standard InChI is InChI=1S/C15H21NO/c1-15(2,3)14(16)13(17)12-9-11(12)10-7-5-4-6-8-10/h4-8,11-12,14H,9,16H2,1-3H3. The smallest absolute Gasteiger partial charge is 0.153 e. The molecular formula is C15H21NO. The predicted octanol–water partition coefficient (Wildman–Crippen LogP) is 2.73. The fourth-order valence-electron chi connectivity index (χ4n) is 2.24. The molecule has 1 fully saturated rings. The number of carbonyl (C=O) groups excluding carboxylic acids is 1. The van der Waals surface area contributed by atoms with Crippen molar-refractivity contribution in [3.63, 3.8) is 0 Å². The fraction of sp³-hybridized carbons (Fsp3) is 0.533. The van der Waals surface area contributed by atoms with Gasteiger partial charge in [-0.15, -0.1) is 0 Å². The lowest BCUT2D eigenvalue weighted by Gasteiger charge is -2.25. The molecule has 2 N–H and O–H groups in total. The van der Waals surface area contributed by atoms with Crippen LogP contribution in [0.2, 0.25) is 0 Å². The molecule has 0 saturated heterocycles. The molecular weight excluding hydrogens is 210 g/mol. The number of rotatable bonds is 3. The summed E-state index contributed by atoms with van der Waals surface area (Å²) < 4.78 is 0. The third-order valence-electron chi connectivity index (χ3n) is 3.62. The fourth-order valence-corrected chi connectivity index (χ4v) is 2.24. The number of benzene rings is 1. The Morgan fingerprint density at radius 2 is 1.88 bits per heavy atom. The van der Waals surface area contributed by atoms with E-state index in [0.717, 1.165) is 6.42 Å². The molecule has 0 bridgehead atoms. The van der Waals surface area contributed by atoms with Crippen LogP contribution in [-0.4, -0.2) is 11.8 Å².